The number of rotatable bonds is 2. The average Bonchev–Trinajstić information content (AvgIpc) is 3.99. The van der Waals surface area contributed by atoms with Crippen molar-refractivity contribution in [1.29, 1.82) is 0 Å². The Morgan fingerprint density at radius 1 is 0.525 bits per heavy atom. The summed E-state index contributed by atoms with van der Waals surface area (Å²) in [6.45, 7) is 22.9. The van der Waals surface area contributed by atoms with Gasteiger partial charge in [-0.25, -0.2) is 6.07 Å². The van der Waals surface area contributed by atoms with Crippen molar-refractivity contribution in [3.63, 3.8) is 0 Å². The van der Waals surface area contributed by atoms with E-state index in [1.54, 1.807) is 0 Å². The summed E-state index contributed by atoms with van der Waals surface area (Å²) >= 11 is 1.49. The molecule has 0 saturated carbocycles. The van der Waals surface area contributed by atoms with Gasteiger partial charge in [-0.05, 0) is 6.42 Å². The molecule has 61 heavy (non-hydrogen) atoms. The smallest absolute Gasteiger partial charge is 0.0253 e. The summed E-state index contributed by atoms with van der Waals surface area (Å²) in [6, 6.07) is 52.5. The van der Waals surface area contributed by atoms with E-state index in [1.807, 2.05) is 6.07 Å². The van der Waals surface area contributed by atoms with E-state index in [-0.39, 0.29) is 35.6 Å². The molecule has 3 aliphatic rings. The number of hydrogen-bond donors (Lipinski definition) is 0. The van der Waals surface area contributed by atoms with Crippen LogP contribution in [0.3, 0.4) is 0 Å². The van der Waals surface area contributed by atoms with Crippen LogP contribution < -0.4 is 24.8 Å². The molecular weight excluding hydrogens is 859 g/mol. The normalized spacial score (nSPS) is 12.7. The number of hydrogen-bond acceptors (Lipinski definition) is 0. The van der Waals surface area contributed by atoms with E-state index in [0.717, 1.165) is 19.3 Å². The number of aryl methyl sites for hydroxylation is 1. The van der Waals surface area contributed by atoms with Crippen molar-refractivity contribution in [3.8, 4) is 33.4 Å². The van der Waals surface area contributed by atoms with Crippen LogP contribution in [0.2, 0.25) is 0 Å². The summed E-state index contributed by atoms with van der Waals surface area (Å²) in [5.41, 5.74) is 26.5. The van der Waals surface area contributed by atoms with Gasteiger partial charge in [-0.2, -0.15) is 53.1 Å². The summed E-state index contributed by atoms with van der Waals surface area (Å²) in [7, 11) is 0. The van der Waals surface area contributed by atoms with Gasteiger partial charge < -0.3 is 24.8 Å². The fourth-order valence-corrected chi connectivity index (χ4v) is 10.5. The third kappa shape index (κ3) is 9.23. The second-order valence-electron chi connectivity index (χ2n) is 19.9. The Morgan fingerprint density at radius 2 is 0.967 bits per heavy atom. The Labute approximate surface area is 393 Å². The van der Waals surface area contributed by atoms with Gasteiger partial charge in [0.15, 0.2) is 0 Å². The van der Waals surface area contributed by atoms with Gasteiger partial charge in [0, 0.05) is 0 Å². The zero-order valence-electron chi connectivity index (χ0n) is 37.6. The van der Waals surface area contributed by atoms with Crippen LogP contribution in [0.5, 0.6) is 0 Å². The fourth-order valence-electron chi connectivity index (χ4n) is 9.39. The molecule has 0 heterocycles. The SMILES string of the molecule is CC(C)(C)c1ccc([C](=[Zr+2])c2ccc(C(C)(C)C)c3c2Cc2ccccc2-3)c2c1-c1ccccc1C2.Cc1cc(C(C)(C)C)c[cH-]1.[Cl-].[Cl-].[c-]1cccc2c1Cc1ccccc1-2. The van der Waals surface area contributed by atoms with Crippen LogP contribution in [0.15, 0.2) is 133 Å². The Balaban J connectivity index is 0.000000203. The predicted octanol–water partition coefficient (Wildman–Crippen LogP) is 8.62. The van der Waals surface area contributed by atoms with Crippen molar-refractivity contribution < 1.29 is 49.0 Å². The molecule has 0 saturated heterocycles. The van der Waals surface area contributed by atoms with Crippen LogP contribution >= 0.6 is 0 Å². The summed E-state index contributed by atoms with van der Waals surface area (Å²) < 4.78 is 1.50. The first-order chi connectivity index (χ1) is 28.0. The Bertz CT molecular complexity index is 2560. The molecule has 0 fully saturated rings. The van der Waals surface area contributed by atoms with E-state index in [4.69, 9.17) is 0 Å². The monoisotopic (exact) mass is 914 g/mol. The van der Waals surface area contributed by atoms with Crippen LogP contribution in [0.4, 0.5) is 0 Å². The third-order valence-electron chi connectivity index (χ3n) is 12.5. The molecule has 0 radical (unpaired) electrons. The van der Waals surface area contributed by atoms with E-state index >= 15 is 0 Å². The maximum Gasteiger partial charge on any atom is -0.0253 e. The van der Waals surface area contributed by atoms with Crippen molar-refractivity contribution >= 4 is 3.21 Å². The molecule has 3 heteroatoms. The number of fused-ring (bicyclic) bond motifs is 9. The van der Waals surface area contributed by atoms with Crippen LogP contribution in [0, 0.1) is 13.0 Å². The second kappa shape index (κ2) is 18.0. The molecule has 310 valence electrons. The summed E-state index contributed by atoms with van der Waals surface area (Å²) in [4.78, 5) is 0. The van der Waals surface area contributed by atoms with Gasteiger partial charge >= 0.3 is 232 Å². The molecule has 0 spiro atoms. The molecule has 0 bridgehead atoms. The van der Waals surface area contributed by atoms with Crippen LogP contribution in [0.1, 0.15) is 129 Å². The van der Waals surface area contributed by atoms with Gasteiger partial charge in [0.25, 0.3) is 0 Å². The van der Waals surface area contributed by atoms with Crippen molar-refractivity contribution in [1.82, 2.24) is 0 Å². The predicted molar refractivity (Wildman–Crippen MR) is 249 cm³/mol. The molecule has 0 N–H and O–H groups in total. The van der Waals surface area contributed by atoms with Gasteiger partial charge in [-0.1, -0.05) is 68.5 Å². The summed E-state index contributed by atoms with van der Waals surface area (Å²) in [5, 5.41) is 0. The van der Waals surface area contributed by atoms with E-state index in [9.17, 15) is 0 Å². The third-order valence-corrected chi connectivity index (χ3v) is 13.8. The molecule has 7 aromatic carbocycles. The Kier molecular flexibility index (Phi) is 13.7. The van der Waals surface area contributed by atoms with Gasteiger partial charge in [-0.15, -0.1) is 5.56 Å². The van der Waals surface area contributed by atoms with E-state index in [2.05, 4.69) is 203 Å². The number of benzene rings is 6. The summed E-state index contributed by atoms with van der Waals surface area (Å²) in [6.07, 6.45) is 3.11. The molecule has 0 nitrogen and oxygen atoms in total. The van der Waals surface area contributed by atoms with Crippen molar-refractivity contribution in [2.45, 2.75) is 105 Å². The van der Waals surface area contributed by atoms with Crippen LogP contribution in [-0.4, -0.2) is 3.21 Å². The molecule has 0 aromatic heterocycles. The standard InChI is InChI=1S/C35H34.C13H9.C10H15.2ClH.Zr/c1-34(2,3)30-17-15-24(28-20-22-11-7-9-13-26(22)32(28)30)19-25-16-18-31(35(4,5)6)33-27-14-10-8-12-23(27)21-29(25)33;1-3-7-12-10(5-1)9-11-6-2-4-8-13(11)12;1-8-5-6-9(7-8)10(2,3)4;;;/h7-18H,20-21H2,1-6H3;1-5,7-8H,9H2;5-7H,1-4H3;2*1H;/q;2*-1;;;+2/p-2. The molecule has 3 aliphatic carbocycles. The average molecular weight is 917 g/mol. The minimum atomic E-state index is 0. The van der Waals surface area contributed by atoms with E-state index < -0.39 is 0 Å². The van der Waals surface area contributed by atoms with Gasteiger partial charge in [-0.3, -0.25) is 0 Å². The summed E-state index contributed by atoms with van der Waals surface area (Å²) in [5.74, 6) is 0. The van der Waals surface area contributed by atoms with E-state index in [0.29, 0.717) is 5.41 Å². The van der Waals surface area contributed by atoms with Crippen molar-refractivity contribution in [2.24, 2.45) is 0 Å². The molecule has 0 amide bonds. The zero-order chi connectivity index (χ0) is 41.9. The van der Waals surface area contributed by atoms with Gasteiger partial charge in [0.2, 0.25) is 0 Å². The number of halogens is 2. The minimum absolute atomic E-state index is 0. The Morgan fingerprint density at radius 3 is 1.39 bits per heavy atom. The van der Waals surface area contributed by atoms with Crippen LogP contribution in [-0.2, 0) is 59.7 Å². The minimum Gasteiger partial charge on any atom is -1.00 e. The maximum absolute atomic E-state index is 3.30. The van der Waals surface area contributed by atoms with Gasteiger partial charge in [0.05, 0.1) is 0 Å². The molecule has 0 unspecified atom stereocenters. The largest absolute Gasteiger partial charge is 1.00 e. The van der Waals surface area contributed by atoms with E-state index in [1.165, 1.54) is 128 Å². The molecule has 0 aliphatic heterocycles. The van der Waals surface area contributed by atoms with Crippen LogP contribution in [0.25, 0.3) is 33.4 Å². The zero-order valence-corrected chi connectivity index (χ0v) is 41.5. The first-order valence-electron chi connectivity index (χ1n) is 21.4. The molecule has 7 aromatic rings. The second-order valence-corrected chi connectivity index (χ2v) is 21.1. The maximum atomic E-state index is 3.30. The quantitative estimate of drug-likeness (QED) is 0.153. The molecule has 10 rings (SSSR count). The van der Waals surface area contributed by atoms with Gasteiger partial charge in [0.1, 0.15) is 0 Å². The topological polar surface area (TPSA) is 0 Å². The molecular formula is C58H58Cl2Zr-2. The first-order valence-corrected chi connectivity index (χ1v) is 22.6. The molecule has 0 atom stereocenters. The van der Waals surface area contributed by atoms with Crippen molar-refractivity contribution in [3.05, 3.63) is 206 Å². The Hall–Kier alpha value is -4.00. The van der Waals surface area contributed by atoms with Crippen molar-refractivity contribution in [2.75, 3.05) is 0 Å². The fraction of sp³-hybridized carbons (Fsp3) is 0.276. The first kappa shape index (κ1) is 46.5.